The van der Waals surface area contributed by atoms with Gasteiger partial charge in [0.1, 0.15) is 0 Å². The average Bonchev–Trinajstić information content (AvgIpc) is 3.02. The van der Waals surface area contributed by atoms with Crippen LogP contribution in [0.4, 0.5) is 5.69 Å². The number of anilines is 1. The lowest BCUT2D eigenvalue weighted by atomic mass is 10.1. The van der Waals surface area contributed by atoms with Crippen LogP contribution in [0.25, 0.3) is 6.08 Å². The number of hydrogen-bond donors (Lipinski definition) is 2. The molecule has 2 N–H and O–H groups in total. The quantitative estimate of drug-likeness (QED) is 0.0564. The van der Waals surface area contributed by atoms with Crippen LogP contribution in [0.15, 0.2) is 99.0 Å². The van der Waals surface area contributed by atoms with E-state index in [1.165, 1.54) is 50.6 Å². The summed E-state index contributed by atoms with van der Waals surface area (Å²) in [4.78, 5) is 49.6. The van der Waals surface area contributed by atoms with Crippen molar-refractivity contribution in [2.24, 2.45) is 5.10 Å². The Kier molecular flexibility index (Phi) is 11.8. The van der Waals surface area contributed by atoms with Crippen LogP contribution in [-0.4, -0.2) is 37.1 Å². The van der Waals surface area contributed by atoms with Gasteiger partial charge in [0.05, 0.1) is 17.8 Å². The van der Waals surface area contributed by atoms with Crippen molar-refractivity contribution >= 4 is 85.2 Å². The van der Waals surface area contributed by atoms with Crippen molar-refractivity contribution in [1.29, 1.82) is 0 Å². The highest BCUT2D eigenvalue weighted by Crippen LogP contribution is 2.32. The Morgan fingerprint density at radius 1 is 0.848 bits per heavy atom. The number of nitrogens with zero attached hydrogens (tertiary/aromatic N) is 1. The molecule has 0 fully saturated rings. The lowest BCUT2D eigenvalue weighted by Crippen LogP contribution is -2.18. The molecule has 0 saturated carbocycles. The topological polar surface area (TPSA) is 132 Å². The van der Waals surface area contributed by atoms with Crippen LogP contribution in [0, 0.1) is 0 Å². The SMILES string of the molecule is COc1cc(C(=O)Nc2cccc(C(=O)NN=Cc3cc(Br)cc(Br)c3OC(=O)/C=C/c3ccc(Cl)cc3)c2)ccc1OC(C)=O. The second-order valence-electron chi connectivity index (χ2n) is 9.31. The van der Waals surface area contributed by atoms with Gasteiger partial charge in [-0.05, 0) is 88.2 Å². The standard InChI is InChI=1S/C33H24Br2ClN3O7/c1-19(40)45-28-12-9-22(16-29(28)44-2)32(42)38-26-5-3-4-21(15-26)33(43)39-37-18-23-14-24(34)17-27(35)31(23)46-30(41)13-8-20-6-10-25(36)11-7-20/h3-18H,1-2H3,(H,38,42)(H,39,43)/b13-8+,37-18?. The molecule has 0 aliphatic rings. The summed E-state index contributed by atoms with van der Waals surface area (Å²) in [6.07, 6.45) is 4.20. The molecule has 234 valence electrons. The second kappa shape index (κ2) is 16.0. The van der Waals surface area contributed by atoms with E-state index in [1.54, 1.807) is 60.7 Å². The molecule has 10 nitrogen and oxygen atoms in total. The number of rotatable bonds is 10. The number of benzene rings is 4. The van der Waals surface area contributed by atoms with Crippen LogP contribution in [0.1, 0.15) is 38.8 Å². The van der Waals surface area contributed by atoms with E-state index in [-0.39, 0.29) is 28.4 Å². The van der Waals surface area contributed by atoms with Gasteiger partial charge in [-0.25, -0.2) is 10.2 Å². The molecule has 4 rings (SSSR count). The van der Waals surface area contributed by atoms with Crippen molar-refractivity contribution in [3.63, 3.8) is 0 Å². The van der Waals surface area contributed by atoms with Crippen LogP contribution in [0.5, 0.6) is 17.2 Å². The van der Waals surface area contributed by atoms with Crippen molar-refractivity contribution in [2.75, 3.05) is 12.4 Å². The molecule has 0 aromatic heterocycles. The molecule has 0 radical (unpaired) electrons. The number of ether oxygens (including phenoxy) is 3. The summed E-state index contributed by atoms with van der Waals surface area (Å²) in [5.74, 6) is -1.62. The first-order valence-electron chi connectivity index (χ1n) is 13.3. The van der Waals surface area contributed by atoms with Gasteiger partial charge in [-0.3, -0.25) is 14.4 Å². The molecule has 0 spiro atoms. The first-order chi connectivity index (χ1) is 22.0. The molecule has 0 unspecified atom stereocenters. The normalized spacial score (nSPS) is 10.9. The van der Waals surface area contributed by atoms with E-state index in [9.17, 15) is 19.2 Å². The van der Waals surface area contributed by atoms with Gasteiger partial charge in [0.25, 0.3) is 11.8 Å². The van der Waals surface area contributed by atoms with Gasteiger partial charge < -0.3 is 19.5 Å². The third kappa shape index (κ3) is 9.61. The number of hydrogen-bond acceptors (Lipinski definition) is 8. The Hall–Kier alpha value is -4.78. The smallest absolute Gasteiger partial charge is 0.336 e. The fourth-order valence-electron chi connectivity index (χ4n) is 3.87. The van der Waals surface area contributed by atoms with Gasteiger partial charge in [-0.2, -0.15) is 5.10 Å². The number of carbonyl (C=O) groups excluding carboxylic acids is 4. The number of nitrogens with one attached hydrogen (secondary N) is 2. The number of hydrazone groups is 1. The third-order valence-corrected chi connectivity index (χ3v) is 7.25. The highest BCUT2D eigenvalue weighted by atomic mass is 79.9. The number of methoxy groups -OCH3 is 1. The molecule has 13 heteroatoms. The summed E-state index contributed by atoms with van der Waals surface area (Å²) in [5.41, 5.74) is 4.39. The number of carbonyl (C=O) groups is 4. The number of amides is 2. The maximum Gasteiger partial charge on any atom is 0.336 e. The second-order valence-corrected chi connectivity index (χ2v) is 11.5. The van der Waals surface area contributed by atoms with Crippen molar-refractivity contribution in [3.8, 4) is 17.2 Å². The molecule has 0 bridgehead atoms. The van der Waals surface area contributed by atoms with Crippen LogP contribution in [0.3, 0.4) is 0 Å². The summed E-state index contributed by atoms with van der Waals surface area (Å²) < 4.78 is 17.0. The zero-order valence-corrected chi connectivity index (χ0v) is 28.1. The van der Waals surface area contributed by atoms with E-state index in [1.807, 2.05) is 0 Å². The van der Waals surface area contributed by atoms with Gasteiger partial charge in [0.2, 0.25) is 0 Å². The van der Waals surface area contributed by atoms with Gasteiger partial charge >= 0.3 is 11.9 Å². The number of halogens is 3. The predicted molar refractivity (Wildman–Crippen MR) is 182 cm³/mol. The van der Waals surface area contributed by atoms with Crippen molar-refractivity contribution in [3.05, 3.63) is 121 Å². The molecule has 46 heavy (non-hydrogen) atoms. The molecule has 4 aromatic rings. The minimum absolute atomic E-state index is 0.178. The zero-order chi connectivity index (χ0) is 33.2. The Balaban J connectivity index is 1.42. The molecule has 0 aliphatic carbocycles. The van der Waals surface area contributed by atoms with E-state index in [0.717, 1.165) is 5.56 Å². The highest BCUT2D eigenvalue weighted by molar-refractivity contribution is 9.11. The van der Waals surface area contributed by atoms with Crippen LogP contribution in [0.2, 0.25) is 5.02 Å². The van der Waals surface area contributed by atoms with E-state index in [4.69, 9.17) is 25.8 Å². The van der Waals surface area contributed by atoms with Gasteiger partial charge in [-0.15, -0.1) is 0 Å². The fraction of sp³-hybridized carbons (Fsp3) is 0.0606. The van der Waals surface area contributed by atoms with Crippen molar-refractivity contribution in [1.82, 2.24) is 5.43 Å². The van der Waals surface area contributed by atoms with Crippen LogP contribution in [-0.2, 0) is 9.59 Å². The molecule has 0 saturated heterocycles. The minimum Gasteiger partial charge on any atom is -0.493 e. The van der Waals surface area contributed by atoms with Crippen LogP contribution < -0.4 is 25.0 Å². The maximum atomic E-state index is 12.9. The zero-order valence-electron chi connectivity index (χ0n) is 24.2. The van der Waals surface area contributed by atoms with Gasteiger partial charge in [-0.1, -0.05) is 45.7 Å². The molecule has 4 aromatic carbocycles. The summed E-state index contributed by atoms with van der Waals surface area (Å²) in [5, 5.41) is 7.33. The molecular weight excluding hydrogens is 746 g/mol. The Bertz CT molecular complexity index is 1860. The van der Waals surface area contributed by atoms with Gasteiger partial charge in [0, 0.05) is 44.9 Å². The predicted octanol–water partition coefficient (Wildman–Crippen LogP) is 7.43. The Morgan fingerprint density at radius 3 is 2.30 bits per heavy atom. The van der Waals surface area contributed by atoms with E-state index in [0.29, 0.717) is 25.2 Å². The summed E-state index contributed by atoms with van der Waals surface area (Å²) in [6, 6.07) is 20.9. The first kappa shape index (κ1) is 34.1. The average molecular weight is 770 g/mol. The lowest BCUT2D eigenvalue weighted by molar-refractivity contribution is -0.132. The van der Waals surface area contributed by atoms with Gasteiger partial charge in [0.15, 0.2) is 17.2 Å². The van der Waals surface area contributed by atoms with Crippen molar-refractivity contribution in [2.45, 2.75) is 6.92 Å². The summed E-state index contributed by atoms with van der Waals surface area (Å²) in [6.45, 7) is 1.26. The molecule has 0 heterocycles. The Labute approximate surface area is 285 Å². The van der Waals surface area contributed by atoms with E-state index in [2.05, 4.69) is 47.7 Å². The highest BCUT2D eigenvalue weighted by Gasteiger charge is 2.15. The maximum absolute atomic E-state index is 12.9. The lowest BCUT2D eigenvalue weighted by Gasteiger charge is -2.11. The monoisotopic (exact) mass is 767 g/mol. The van der Waals surface area contributed by atoms with Crippen LogP contribution >= 0.6 is 43.5 Å². The number of esters is 2. The summed E-state index contributed by atoms with van der Waals surface area (Å²) >= 11 is 12.7. The third-order valence-electron chi connectivity index (χ3n) is 5.95. The first-order valence-corrected chi connectivity index (χ1v) is 15.2. The molecule has 0 aliphatic heterocycles. The molecule has 2 amide bonds. The summed E-state index contributed by atoms with van der Waals surface area (Å²) in [7, 11) is 1.39. The molecule has 0 atom stereocenters. The van der Waals surface area contributed by atoms with Crippen molar-refractivity contribution < 1.29 is 33.4 Å². The Morgan fingerprint density at radius 2 is 1.59 bits per heavy atom. The van der Waals surface area contributed by atoms with E-state index < -0.39 is 23.8 Å². The molecular formula is C33H24Br2ClN3O7. The minimum atomic E-state index is -0.630. The van der Waals surface area contributed by atoms with E-state index >= 15 is 0 Å². The fourth-order valence-corrected chi connectivity index (χ4v) is 5.34. The largest absolute Gasteiger partial charge is 0.493 e.